The zero-order chi connectivity index (χ0) is 22.7. The van der Waals surface area contributed by atoms with Gasteiger partial charge in [0, 0.05) is 50.9 Å². The first kappa shape index (κ1) is 22.2. The number of halogens is 1. The third-order valence-corrected chi connectivity index (χ3v) is 8.17. The Hall–Kier alpha value is -2.96. The van der Waals surface area contributed by atoms with Crippen molar-refractivity contribution in [3.8, 4) is 6.07 Å². The summed E-state index contributed by atoms with van der Waals surface area (Å²) < 4.78 is 40.5. The van der Waals surface area contributed by atoms with Gasteiger partial charge in [-0.1, -0.05) is 12.1 Å². The molecule has 2 aliphatic rings. The van der Waals surface area contributed by atoms with Gasteiger partial charge in [0.1, 0.15) is 11.9 Å². The molecule has 0 N–H and O–H groups in total. The van der Waals surface area contributed by atoms with Crippen molar-refractivity contribution in [1.29, 1.82) is 5.26 Å². The maximum Gasteiger partial charge on any atom is 0.244 e. The van der Waals surface area contributed by atoms with Gasteiger partial charge in [-0.05, 0) is 49.2 Å². The van der Waals surface area contributed by atoms with Gasteiger partial charge in [0.05, 0.1) is 10.5 Å². The van der Waals surface area contributed by atoms with E-state index in [4.69, 9.17) is 0 Å². The SMILES string of the molecule is N#Cc1ccccc1S(=O)(=O)N1CCC(C(=O)N2CCN(c3ccc(F)cc3)CC2)CC1. The van der Waals surface area contributed by atoms with Gasteiger partial charge in [0.25, 0.3) is 0 Å². The summed E-state index contributed by atoms with van der Waals surface area (Å²) in [5.74, 6) is -0.407. The predicted molar refractivity (Wildman–Crippen MR) is 118 cm³/mol. The number of carbonyl (C=O) groups excluding carboxylic acids is 1. The molecule has 0 spiro atoms. The van der Waals surface area contributed by atoms with Crippen LogP contribution in [0.2, 0.25) is 0 Å². The van der Waals surface area contributed by atoms with E-state index in [2.05, 4.69) is 4.90 Å². The van der Waals surface area contributed by atoms with Crippen molar-refractivity contribution in [2.45, 2.75) is 17.7 Å². The highest BCUT2D eigenvalue weighted by Crippen LogP contribution is 2.27. The second kappa shape index (κ2) is 9.27. The van der Waals surface area contributed by atoms with Crippen LogP contribution < -0.4 is 4.90 Å². The zero-order valence-electron chi connectivity index (χ0n) is 17.7. The van der Waals surface area contributed by atoms with Crippen LogP contribution in [-0.4, -0.2) is 62.8 Å². The van der Waals surface area contributed by atoms with Crippen LogP contribution in [0.1, 0.15) is 18.4 Å². The number of nitriles is 1. The molecule has 4 rings (SSSR count). The summed E-state index contributed by atoms with van der Waals surface area (Å²) in [6.07, 6.45) is 0.927. The van der Waals surface area contributed by atoms with Crippen molar-refractivity contribution >= 4 is 21.6 Å². The minimum atomic E-state index is -3.77. The van der Waals surface area contributed by atoms with E-state index < -0.39 is 10.0 Å². The average Bonchev–Trinajstić information content (AvgIpc) is 2.84. The van der Waals surface area contributed by atoms with Gasteiger partial charge in [0.2, 0.25) is 15.9 Å². The van der Waals surface area contributed by atoms with E-state index in [1.54, 1.807) is 24.3 Å². The number of anilines is 1. The molecule has 0 radical (unpaired) electrons. The summed E-state index contributed by atoms with van der Waals surface area (Å²) in [5, 5.41) is 9.24. The number of hydrogen-bond acceptors (Lipinski definition) is 5. The molecule has 0 atom stereocenters. The maximum absolute atomic E-state index is 13.1. The van der Waals surface area contributed by atoms with E-state index in [0.29, 0.717) is 39.0 Å². The lowest BCUT2D eigenvalue weighted by atomic mass is 9.96. The quantitative estimate of drug-likeness (QED) is 0.706. The molecule has 2 fully saturated rings. The molecule has 0 bridgehead atoms. The minimum Gasteiger partial charge on any atom is -0.368 e. The fraction of sp³-hybridized carbons (Fsp3) is 0.391. The second-order valence-corrected chi connectivity index (χ2v) is 9.98. The van der Waals surface area contributed by atoms with Crippen molar-refractivity contribution in [2.75, 3.05) is 44.2 Å². The normalized spacial score (nSPS) is 18.4. The number of piperidine rings is 1. The molecule has 2 aromatic rings. The third kappa shape index (κ3) is 4.47. The van der Waals surface area contributed by atoms with Crippen LogP contribution in [0.25, 0.3) is 0 Å². The molecule has 1 amide bonds. The summed E-state index contributed by atoms with van der Waals surface area (Å²) in [7, 11) is -3.77. The third-order valence-electron chi connectivity index (χ3n) is 6.21. The number of amides is 1. The van der Waals surface area contributed by atoms with Gasteiger partial charge in [-0.25, -0.2) is 12.8 Å². The van der Waals surface area contributed by atoms with E-state index in [-0.39, 0.29) is 41.2 Å². The summed E-state index contributed by atoms with van der Waals surface area (Å²) in [5.41, 5.74) is 1.07. The van der Waals surface area contributed by atoms with Crippen LogP contribution in [0.5, 0.6) is 0 Å². The van der Waals surface area contributed by atoms with Gasteiger partial charge in [-0.2, -0.15) is 9.57 Å². The molecule has 9 heteroatoms. The zero-order valence-corrected chi connectivity index (χ0v) is 18.5. The van der Waals surface area contributed by atoms with Gasteiger partial charge >= 0.3 is 0 Å². The highest BCUT2D eigenvalue weighted by atomic mass is 32.2. The molecule has 0 unspecified atom stereocenters. The monoisotopic (exact) mass is 456 g/mol. The number of benzene rings is 2. The van der Waals surface area contributed by atoms with Crippen LogP contribution in [0.4, 0.5) is 10.1 Å². The Morgan fingerprint density at radius 2 is 1.56 bits per heavy atom. The van der Waals surface area contributed by atoms with Crippen LogP contribution in [0.3, 0.4) is 0 Å². The lowest BCUT2D eigenvalue weighted by molar-refractivity contribution is -0.137. The Labute approximate surface area is 187 Å². The lowest BCUT2D eigenvalue weighted by Crippen LogP contribution is -2.52. The smallest absolute Gasteiger partial charge is 0.244 e. The van der Waals surface area contributed by atoms with Gasteiger partial charge in [-0.15, -0.1) is 0 Å². The fourth-order valence-electron chi connectivity index (χ4n) is 4.36. The largest absolute Gasteiger partial charge is 0.368 e. The highest BCUT2D eigenvalue weighted by molar-refractivity contribution is 7.89. The average molecular weight is 457 g/mol. The Kier molecular flexibility index (Phi) is 6.44. The van der Waals surface area contributed by atoms with Crippen LogP contribution in [0, 0.1) is 23.1 Å². The van der Waals surface area contributed by atoms with E-state index in [0.717, 1.165) is 5.69 Å². The van der Waals surface area contributed by atoms with Crippen molar-refractivity contribution in [3.63, 3.8) is 0 Å². The summed E-state index contributed by atoms with van der Waals surface area (Å²) in [6.45, 7) is 3.04. The molecular weight excluding hydrogens is 431 g/mol. The molecule has 2 heterocycles. The van der Waals surface area contributed by atoms with E-state index in [9.17, 15) is 22.9 Å². The Morgan fingerprint density at radius 1 is 0.938 bits per heavy atom. The molecule has 0 saturated carbocycles. The number of hydrogen-bond donors (Lipinski definition) is 0. The molecule has 32 heavy (non-hydrogen) atoms. The standard InChI is InChI=1S/C23H25FN4O3S/c24-20-5-7-21(8-6-20)26-13-15-27(16-14-26)23(29)18-9-11-28(12-10-18)32(30,31)22-4-2-1-3-19(22)17-25/h1-8,18H,9-16H2. The number of rotatable bonds is 4. The topological polar surface area (TPSA) is 84.7 Å². The number of sulfonamides is 1. The van der Waals surface area contributed by atoms with E-state index >= 15 is 0 Å². The predicted octanol–water partition coefficient (Wildman–Crippen LogP) is 2.45. The molecule has 2 saturated heterocycles. The van der Waals surface area contributed by atoms with Gasteiger partial charge in [0.15, 0.2) is 0 Å². The van der Waals surface area contributed by atoms with Crippen molar-refractivity contribution in [3.05, 3.63) is 59.9 Å². The minimum absolute atomic E-state index is 0.0178. The van der Waals surface area contributed by atoms with E-state index in [1.165, 1.54) is 28.6 Å². The summed E-state index contributed by atoms with van der Waals surface area (Å²) in [4.78, 5) is 17.0. The second-order valence-electron chi connectivity index (χ2n) is 8.08. The van der Waals surface area contributed by atoms with Crippen molar-refractivity contribution in [2.24, 2.45) is 5.92 Å². The summed E-state index contributed by atoms with van der Waals surface area (Å²) >= 11 is 0. The number of piperazine rings is 1. The van der Waals surface area contributed by atoms with Gasteiger partial charge in [-0.3, -0.25) is 4.79 Å². The van der Waals surface area contributed by atoms with Crippen LogP contribution in [-0.2, 0) is 14.8 Å². The van der Waals surface area contributed by atoms with E-state index in [1.807, 2.05) is 11.0 Å². The first-order chi connectivity index (χ1) is 15.4. The Bertz CT molecular complexity index is 1110. The van der Waals surface area contributed by atoms with Crippen LogP contribution >= 0.6 is 0 Å². The molecular formula is C23H25FN4O3S. The molecule has 168 valence electrons. The lowest BCUT2D eigenvalue weighted by Gasteiger charge is -2.39. The number of carbonyl (C=O) groups is 1. The molecule has 2 aromatic carbocycles. The number of nitrogens with zero attached hydrogens (tertiary/aromatic N) is 4. The van der Waals surface area contributed by atoms with Crippen molar-refractivity contribution < 1.29 is 17.6 Å². The summed E-state index contributed by atoms with van der Waals surface area (Å²) in [6, 6.07) is 14.5. The fourth-order valence-corrected chi connectivity index (χ4v) is 5.97. The maximum atomic E-state index is 13.1. The van der Waals surface area contributed by atoms with Crippen LogP contribution in [0.15, 0.2) is 53.4 Å². The molecule has 0 aliphatic carbocycles. The molecule has 7 nitrogen and oxygen atoms in total. The molecule has 2 aliphatic heterocycles. The highest BCUT2D eigenvalue weighted by Gasteiger charge is 2.35. The Balaban J connectivity index is 1.33. The van der Waals surface area contributed by atoms with Gasteiger partial charge < -0.3 is 9.80 Å². The molecule has 0 aromatic heterocycles. The first-order valence-corrected chi connectivity index (χ1v) is 12.1. The van der Waals surface area contributed by atoms with Crippen molar-refractivity contribution in [1.82, 2.24) is 9.21 Å². The first-order valence-electron chi connectivity index (χ1n) is 10.7. The Morgan fingerprint density at radius 3 is 2.19 bits per heavy atom.